The van der Waals surface area contributed by atoms with Crippen molar-refractivity contribution in [3.05, 3.63) is 0 Å². The molecule has 0 bridgehead atoms. The van der Waals surface area contributed by atoms with E-state index in [0.29, 0.717) is 11.6 Å². The van der Waals surface area contributed by atoms with Gasteiger partial charge in [-0.05, 0) is 46.0 Å². The number of nitrogens with zero attached hydrogens (tertiary/aromatic N) is 1. The first-order valence-corrected chi connectivity index (χ1v) is 7.08. The number of nitrogens with one attached hydrogen (secondary N) is 1. The first kappa shape index (κ1) is 12.4. The third-order valence-corrected chi connectivity index (χ3v) is 4.54. The number of hydrogen-bond donors (Lipinski definition) is 1. The van der Waals surface area contributed by atoms with Crippen LogP contribution in [0.2, 0.25) is 0 Å². The van der Waals surface area contributed by atoms with Crippen LogP contribution in [0.5, 0.6) is 0 Å². The molecule has 2 atom stereocenters. The van der Waals surface area contributed by atoms with Crippen LogP contribution in [0, 0.1) is 5.92 Å². The molecule has 0 aromatic heterocycles. The monoisotopic (exact) mass is 224 g/mol. The number of piperazine rings is 1. The highest BCUT2D eigenvalue weighted by molar-refractivity contribution is 5.05. The summed E-state index contributed by atoms with van der Waals surface area (Å²) in [4.78, 5) is 2.77. The lowest BCUT2D eigenvalue weighted by molar-refractivity contribution is 0.00783. The Balaban J connectivity index is 2.04. The summed E-state index contributed by atoms with van der Waals surface area (Å²) < 4.78 is 0. The molecule has 1 aliphatic carbocycles. The van der Waals surface area contributed by atoms with Crippen molar-refractivity contribution in [2.75, 3.05) is 13.1 Å². The zero-order chi connectivity index (χ0) is 11.8. The molecule has 2 nitrogen and oxygen atoms in total. The van der Waals surface area contributed by atoms with Crippen LogP contribution in [0.4, 0.5) is 0 Å². The second-order valence-corrected chi connectivity index (χ2v) is 6.24. The lowest BCUT2D eigenvalue weighted by atomic mass is 9.87. The lowest BCUT2D eigenvalue weighted by Crippen LogP contribution is -2.66. The van der Waals surface area contributed by atoms with E-state index in [1.165, 1.54) is 38.8 Å². The SMILES string of the molecule is CCCC1CN(C(C)C)C(C)(C2CC2)CN1. The summed E-state index contributed by atoms with van der Waals surface area (Å²) >= 11 is 0. The Kier molecular flexibility index (Phi) is 3.60. The van der Waals surface area contributed by atoms with Gasteiger partial charge in [-0.15, -0.1) is 0 Å². The summed E-state index contributed by atoms with van der Waals surface area (Å²) in [5, 5.41) is 3.78. The van der Waals surface area contributed by atoms with Crippen LogP contribution in [-0.4, -0.2) is 35.6 Å². The summed E-state index contributed by atoms with van der Waals surface area (Å²) in [5.74, 6) is 0.949. The molecule has 94 valence electrons. The van der Waals surface area contributed by atoms with Gasteiger partial charge in [0.2, 0.25) is 0 Å². The van der Waals surface area contributed by atoms with Gasteiger partial charge in [-0.2, -0.15) is 0 Å². The molecule has 0 amide bonds. The molecule has 0 spiro atoms. The molecule has 0 aromatic carbocycles. The van der Waals surface area contributed by atoms with Gasteiger partial charge in [0.15, 0.2) is 0 Å². The fourth-order valence-electron chi connectivity index (χ4n) is 3.39. The molecule has 2 unspecified atom stereocenters. The van der Waals surface area contributed by atoms with Crippen LogP contribution in [-0.2, 0) is 0 Å². The Morgan fingerprint density at radius 3 is 2.56 bits per heavy atom. The molecule has 2 fully saturated rings. The van der Waals surface area contributed by atoms with Crippen molar-refractivity contribution < 1.29 is 0 Å². The van der Waals surface area contributed by atoms with Crippen LogP contribution < -0.4 is 5.32 Å². The smallest absolute Gasteiger partial charge is 0.0337 e. The molecular formula is C14H28N2. The van der Waals surface area contributed by atoms with Gasteiger partial charge >= 0.3 is 0 Å². The highest BCUT2D eigenvalue weighted by Gasteiger charge is 2.48. The van der Waals surface area contributed by atoms with Gasteiger partial charge in [-0.3, -0.25) is 4.90 Å². The summed E-state index contributed by atoms with van der Waals surface area (Å²) in [6, 6.07) is 1.41. The van der Waals surface area contributed by atoms with Crippen molar-refractivity contribution in [2.24, 2.45) is 5.92 Å². The molecule has 2 rings (SSSR count). The summed E-state index contributed by atoms with van der Waals surface area (Å²) in [5.41, 5.74) is 0.429. The predicted octanol–water partition coefficient (Wildman–Crippen LogP) is 2.64. The predicted molar refractivity (Wildman–Crippen MR) is 69.7 cm³/mol. The van der Waals surface area contributed by atoms with E-state index in [-0.39, 0.29) is 0 Å². The standard InChI is InChI=1S/C14H28N2/c1-5-6-13-9-16(11(2)3)14(4,10-15-13)12-7-8-12/h11-13,15H,5-10H2,1-4H3. The van der Waals surface area contributed by atoms with E-state index in [4.69, 9.17) is 0 Å². The molecule has 16 heavy (non-hydrogen) atoms. The Morgan fingerprint density at radius 1 is 1.38 bits per heavy atom. The topological polar surface area (TPSA) is 15.3 Å². The van der Waals surface area contributed by atoms with E-state index in [2.05, 4.69) is 37.9 Å². The van der Waals surface area contributed by atoms with Crippen molar-refractivity contribution in [2.45, 2.75) is 71.0 Å². The average Bonchev–Trinajstić information content (AvgIpc) is 3.04. The minimum Gasteiger partial charge on any atom is -0.311 e. The fourth-order valence-corrected chi connectivity index (χ4v) is 3.39. The summed E-state index contributed by atoms with van der Waals surface area (Å²) in [6.45, 7) is 11.9. The average molecular weight is 224 g/mol. The molecule has 1 saturated heterocycles. The van der Waals surface area contributed by atoms with Gasteiger partial charge in [0.1, 0.15) is 0 Å². The van der Waals surface area contributed by atoms with E-state index in [1.54, 1.807) is 0 Å². The lowest BCUT2D eigenvalue weighted by Gasteiger charge is -2.51. The van der Waals surface area contributed by atoms with E-state index in [0.717, 1.165) is 12.0 Å². The van der Waals surface area contributed by atoms with Gasteiger partial charge in [0.05, 0.1) is 0 Å². The van der Waals surface area contributed by atoms with Gasteiger partial charge in [-0.25, -0.2) is 0 Å². The highest BCUT2D eigenvalue weighted by Crippen LogP contribution is 2.44. The Hall–Kier alpha value is -0.0800. The molecule has 0 radical (unpaired) electrons. The van der Waals surface area contributed by atoms with Gasteiger partial charge in [-0.1, -0.05) is 13.3 Å². The second-order valence-electron chi connectivity index (χ2n) is 6.24. The molecule has 2 aliphatic rings. The molecule has 1 aliphatic heterocycles. The zero-order valence-corrected chi connectivity index (χ0v) is 11.4. The molecule has 2 heteroatoms. The maximum Gasteiger partial charge on any atom is 0.0337 e. The zero-order valence-electron chi connectivity index (χ0n) is 11.4. The third-order valence-electron chi connectivity index (χ3n) is 4.54. The third kappa shape index (κ3) is 2.28. The normalized spacial score (nSPS) is 36.9. The Labute approximate surface area is 101 Å². The molecule has 1 heterocycles. The first-order valence-electron chi connectivity index (χ1n) is 7.08. The van der Waals surface area contributed by atoms with E-state index in [1.807, 2.05) is 0 Å². The fraction of sp³-hybridized carbons (Fsp3) is 1.00. The molecule has 1 N–H and O–H groups in total. The van der Waals surface area contributed by atoms with E-state index < -0.39 is 0 Å². The summed E-state index contributed by atoms with van der Waals surface area (Å²) in [7, 11) is 0. The largest absolute Gasteiger partial charge is 0.311 e. The van der Waals surface area contributed by atoms with Crippen molar-refractivity contribution in [3.8, 4) is 0 Å². The maximum atomic E-state index is 3.78. The van der Waals surface area contributed by atoms with Gasteiger partial charge in [0, 0.05) is 30.7 Å². The molecule has 1 saturated carbocycles. The minimum atomic E-state index is 0.429. The Morgan fingerprint density at radius 2 is 2.06 bits per heavy atom. The molecular weight excluding hydrogens is 196 g/mol. The van der Waals surface area contributed by atoms with Crippen molar-refractivity contribution in [1.29, 1.82) is 0 Å². The van der Waals surface area contributed by atoms with Crippen molar-refractivity contribution in [3.63, 3.8) is 0 Å². The summed E-state index contributed by atoms with van der Waals surface area (Å²) in [6.07, 6.45) is 5.51. The Bertz CT molecular complexity index is 235. The van der Waals surface area contributed by atoms with Gasteiger partial charge in [0.25, 0.3) is 0 Å². The van der Waals surface area contributed by atoms with Crippen LogP contribution in [0.1, 0.15) is 53.4 Å². The van der Waals surface area contributed by atoms with E-state index in [9.17, 15) is 0 Å². The molecule has 0 aromatic rings. The van der Waals surface area contributed by atoms with E-state index >= 15 is 0 Å². The van der Waals surface area contributed by atoms with Crippen LogP contribution >= 0.6 is 0 Å². The van der Waals surface area contributed by atoms with Crippen LogP contribution in [0.3, 0.4) is 0 Å². The quantitative estimate of drug-likeness (QED) is 0.790. The minimum absolute atomic E-state index is 0.429. The van der Waals surface area contributed by atoms with Crippen molar-refractivity contribution >= 4 is 0 Å². The van der Waals surface area contributed by atoms with Crippen LogP contribution in [0.15, 0.2) is 0 Å². The van der Waals surface area contributed by atoms with Crippen LogP contribution in [0.25, 0.3) is 0 Å². The van der Waals surface area contributed by atoms with Crippen molar-refractivity contribution in [1.82, 2.24) is 10.2 Å². The number of hydrogen-bond acceptors (Lipinski definition) is 2. The second kappa shape index (κ2) is 4.66. The maximum absolute atomic E-state index is 3.78. The number of rotatable bonds is 4. The highest BCUT2D eigenvalue weighted by atomic mass is 15.3. The first-order chi connectivity index (χ1) is 7.58. The van der Waals surface area contributed by atoms with Gasteiger partial charge < -0.3 is 5.32 Å².